The molecule has 1 saturated carbocycles. The molecular formula is C12H20N4O. The van der Waals surface area contributed by atoms with E-state index in [1.165, 1.54) is 12.8 Å². The van der Waals surface area contributed by atoms with Crippen molar-refractivity contribution >= 4 is 11.6 Å². The molecular weight excluding hydrogens is 216 g/mol. The smallest absolute Gasteiger partial charge is 0.146 e. The van der Waals surface area contributed by atoms with Gasteiger partial charge in [0.05, 0.1) is 12.4 Å². The van der Waals surface area contributed by atoms with Gasteiger partial charge in [-0.25, -0.2) is 4.98 Å². The Bertz CT molecular complexity index is 358. The van der Waals surface area contributed by atoms with Gasteiger partial charge in [0.1, 0.15) is 11.6 Å². The van der Waals surface area contributed by atoms with Crippen molar-refractivity contribution in [3.05, 3.63) is 12.4 Å². The molecule has 1 aromatic heterocycles. The van der Waals surface area contributed by atoms with Crippen molar-refractivity contribution in [3.8, 4) is 0 Å². The maximum atomic E-state index is 9.25. The molecule has 1 aliphatic carbocycles. The van der Waals surface area contributed by atoms with Gasteiger partial charge in [0.15, 0.2) is 0 Å². The number of aliphatic hydroxyl groups is 1. The lowest BCUT2D eigenvalue weighted by atomic mass is 9.97. The summed E-state index contributed by atoms with van der Waals surface area (Å²) in [6.45, 7) is 1.17. The van der Waals surface area contributed by atoms with Crippen molar-refractivity contribution in [1.29, 1.82) is 0 Å². The summed E-state index contributed by atoms with van der Waals surface area (Å²) in [4.78, 5) is 8.46. The molecule has 5 heteroatoms. The van der Waals surface area contributed by atoms with Gasteiger partial charge in [-0.2, -0.15) is 0 Å². The van der Waals surface area contributed by atoms with Crippen LogP contribution < -0.4 is 10.6 Å². The van der Waals surface area contributed by atoms with E-state index < -0.39 is 0 Å². The molecule has 3 N–H and O–H groups in total. The summed E-state index contributed by atoms with van der Waals surface area (Å²) < 4.78 is 0. The second-order valence-corrected chi connectivity index (χ2v) is 4.55. The Hall–Kier alpha value is -1.36. The molecule has 1 aliphatic rings. The van der Waals surface area contributed by atoms with Gasteiger partial charge in [-0.1, -0.05) is 6.42 Å². The maximum Gasteiger partial charge on any atom is 0.146 e. The SMILES string of the molecule is CNc1cncc(NCC2CCCC2CO)n1. The number of nitrogens with zero attached hydrogens (tertiary/aromatic N) is 2. The van der Waals surface area contributed by atoms with Crippen LogP contribution in [0.25, 0.3) is 0 Å². The fraction of sp³-hybridized carbons (Fsp3) is 0.667. The second-order valence-electron chi connectivity index (χ2n) is 4.55. The highest BCUT2D eigenvalue weighted by Crippen LogP contribution is 2.31. The first-order chi connectivity index (χ1) is 8.33. The van der Waals surface area contributed by atoms with Crippen molar-refractivity contribution in [2.75, 3.05) is 30.8 Å². The zero-order chi connectivity index (χ0) is 12.1. The molecule has 1 fully saturated rings. The fourth-order valence-electron chi connectivity index (χ4n) is 2.43. The minimum Gasteiger partial charge on any atom is -0.396 e. The van der Waals surface area contributed by atoms with Gasteiger partial charge < -0.3 is 15.7 Å². The maximum absolute atomic E-state index is 9.25. The monoisotopic (exact) mass is 236 g/mol. The average molecular weight is 236 g/mol. The molecule has 2 atom stereocenters. The summed E-state index contributed by atoms with van der Waals surface area (Å²) in [5.74, 6) is 2.56. The van der Waals surface area contributed by atoms with Gasteiger partial charge in [0.2, 0.25) is 0 Å². The second kappa shape index (κ2) is 5.82. The minimum absolute atomic E-state index is 0.300. The molecule has 1 heterocycles. The van der Waals surface area contributed by atoms with Crippen molar-refractivity contribution in [1.82, 2.24) is 9.97 Å². The lowest BCUT2D eigenvalue weighted by Gasteiger charge is -2.18. The summed E-state index contributed by atoms with van der Waals surface area (Å²) in [6, 6.07) is 0. The first kappa shape index (κ1) is 12.1. The molecule has 0 aliphatic heterocycles. The molecule has 94 valence electrons. The van der Waals surface area contributed by atoms with E-state index in [0.29, 0.717) is 18.4 Å². The number of anilines is 2. The van der Waals surface area contributed by atoms with Crippen LogP contribution in [0.4, 0.5) is 11.6 Å². The Morgan fingerprint density at radius 3 is 2.82 bits per heavy atom. The Balaban J connectivity index is 1.88. The normalized spacial score (nSPS) is 23.6. The van der Waals surface area contributed by atoms with E-state index in [-0.39, 0.29) is 0 Å². The van der Waals surface area contributed by atoms with Crippen LogP contribution in [0.2, 0.25) is 0 Å². The Morgan fingerprint density at radius 1 is 1.29 bits per heavy atom. The molecule has 2 rings (SSSR count). The largest absolute Gasteiger partial charge is 0.396 e. The predicted molar refractivity (Wildman–Crippen MR) is 68.0 cm³/mol. The van der Waals surface area contributed by atoms with Crippen molar-refractivity contribution < 1.29 is 5.11 Å². The first-order valence-electron chi connectivity index (χ1n) is 6.18. The molecule has 0 aromatic carbocycles. The van der Waals surface area contributed by atoms with Crippen LogP contribution in [-0.4, -0.2) is 35.3 Å². The van der Waals surface area contributed by atoms with Gasteiger partial charge in [-0.3, -0.25) is 4.98 Å². The minimum atomic E-state index is 0.300. The number of hydrogen-bond acceptors (Lipinski definition) is 5. The zero-order valence-electron chi connectivity index (χ0n) is 10.2. The zero-order valence-corrected chi connectivity index (χ0v) is 10.2. The highest BCUT2D eigenvalue weighted by molar-refractivity contribution is 5.40. The van der Waals surface area contributed by atoms with Crippen molar-refractivity contribution in [2.24, 2.45) is 11.8 Å². The molecule has 0 amide bonds. The van der Waals surface area contributed by atoms with E-state index in [2.05, 4.69) is 20.6 Å². The van der Waals surface area contributed by atoms with Crippen LogP contribution in [0, 0.1) is 11.8 Å². The summed E-state index contributed by atoms with van der Waals surface area (Å²) in [5, 5.41) is 15.5. The molecule has 2 unspecified atom stereocenters. The van der Waals surface area contributed by atoms with Crippen molar-refractivity contribution in [3.63, 3.8) is 0 Å². The summed E-state index contributed by atoms with van der Waals surface area (Å²) >= 11 is 0. The van der Waals surface area contributed by atoms with Gasteiger partial charge in [-0.15, -0.1) is 0 Å². The van der Waals surface area contributed by atoms with E-state index in [0.717, 1.165) is 24.6 Å². The van der Waals surface area contributed by atoms with Crippen molar-refractivity contribution in [2.45, 2.75) is 19.3 Å². The van der Waals surface area contributed by atoms with Crippen LogP contribution in [-0.2, 0) is 0 Å². The third-order valence-corrected chi connectivity index (χ3v) is 3.49. The summed E-state index contributed by atoms with van der Waals surface area (Å²) in [5.41, 5.74) is 0. The highest BCUT2D eigenvalue weighted by atomic mass is 16.3. The quantitative estimate of drug-likeness (QED) is 0.719. The van der Waals surface area contributed by atoms with Gasteiger partial charge >= 0.3 is 0 Å². The highest BCUT2D eigenvalue weighted by Gasteiger charge is 2.26. The average Bonchev–Trinajstić information content (AvgIpc) is 2.84. The number of rotatable bonds is 5. The third kappa shape index (κ3) is 3.06. The molecule has 0 saturated heterocycles. The lowest BCUT2D eigenvalue weighted by Crippen LogP contribution is -2.21. The Kier molecular flexibility index (Phi) is 4.14. The van der Waals surface area contributed by atoms with E-state index >= 15 is 0 Å². The summed E-state index contributed by atoms with van der Waals surface area (Å²) in [6.07, 6.45) is 6.98. The topological polar surface area (TPSA) is 70.1 Å². The van der Waals surface area contributed by atoms with E-state index in [1.807, 2.05) is 7.05 Å². The Labute approximate surface area is 102 Å². The first-order valence-corrected chi connectivity index (χ1v) is 6.18. The fourth-order valence-corrected chi connectivity index (χ4v) is 2.43. The molecule has 5 nitrogen and oxygen atoms in total. The van der Waals surface area contributed by atoms with Crippen LogP contribution >= 0.6 is 0 Å². The molecule has 1 aromatic rings. The van der Waals surface area contributed by atoms with Gasteiger partial charge in [-0.05, 0) is 24.7 Å². The van der Waals surface area contributed by atoms with E-state index in [4.69, 9.17) is 0 Å². The summed E-state index contributed by atoms with van der Waals surface area (Å²) in [7, 11) is 1.83. The molecule has 0 radical (unpaired) electrons. The standard InChI is InChI=1S/C12H20N4O/c1-13-11-6-14-7-12(16-11)15-5-9-3-2-4-10(9)8-17/h6-7,9-10,17H,2-5,8H2,1H3,(H2,13,15,16). The predicted octanol–water partition coefficient (Wildman–Crippen LogP) is 1.34. The third-order valence-electron chi connectivity index (χ3n) is 3.49. The number of nitrogens with one attached hydrogen (secondary N) is 2. The number of aliphatic hydroxyl groups excluding tert-OH is 1. The molecule has 0 bridgehead atoms. The van der Waals surface area contributed by atoms with Crippen LogP contribution in [0.5, 0.6) is 0 Å². The van der Waals surface area contributed by atoms with Gasteiger partial charge in [0.25, 0.3) is 0 Å². The van der Waals surface area contributed by atoms with Crippen LogP contribution in [0.15, 0.2) is 12.4 Å². The lowest BCUT2D eigenvalue weighted by molar-refractivity contribution is 0.199. The van der Waals surface area contributed by atoms with E-state index in [9.17, 15) is 5.11 Å². The molecule has 17 heavy (non-hydrogen) atoms. The van der Waals surface area contributed by atoms with E-state index in [1.54, 1.807) is 12.4 Å². The number of hydrogen-bond donors (Lipinski definition) is 3. The van der Waals surface area contributed by atoms with Crippen LogP contribution in [0.1, 0.15) is 19.3 Å². The van der Waals surface area contributed by atoms with Crippen LogP contribution in [0.3, 0.4) is 0 Å². The Morgan fingerprint density at radius 2 is 2.06 bits per heavy atom. The number of aromatic nitrogens is 2. The van der Waals surface area contributed by atoms with Gasteiger partial charge in [0, 0.05) is 20.2 Å². The molecule has 0 spiro atoms.